The quantitative estimate of drug-likeness (QED) is 0.837. The third kappa shape index (κ3) is 3.93. The van der Waals surface area contributed by atoms with E-state index in [1.54, 1.807) is 24.3 Å². The van der Waals surface area contributed by atoms with Crippen molar-refractivity contribution < 1.29 is 18.3 Å². The molecule has 0 heterocycles. The topological polar surface area (TPSA) is 38.3 Å². The second-order valence-electron chi connectivity index (χ2n) is 6.40. The first-order valence-electron chi connectivity index (χ1n) is 8.01. The van der Waals surface area contributed by atoms with Gasteiger partial charge in [0.25, 0.3) is 5.91 Å². The molecule has 3 nitrogen and oxygen atoms in total. The molecule has 6 heteroatoms. The van der Waals surface area contributed by atoms with E-state index in [-0.39, 0.29) is 18.4 Å². The number of carbonyl (C=O) groups excluding carboxylic acids is 1. The summed E-state index contributed by atoms with van der Waals surface area (Å²) in [5, 5.41) is 3.37. The molecule has 1 aliphatic carbocycles. The summed E-state index contributed by atoms with van der Waals surface area (Å²) >= 11 is 5.79. The van der Waals surface area contributed by atoms with Gasteiger partial charge in [-0.1, -0.05) is 24.6 Å². The Kier molecular flexibility index (Phi) is 4.95. The lowest BCUT2D eigenvalue weighted by atomic mass is 9.92. The SMILES string of the molecule is CC1CC1(CNC(=O)COc1ccc(Cl)cc1)c1ccc(F)cc1F. The van der Waals surface area contributed by atoms with Crippen LogP contribution >= 0.6 is 11.6 Å². The largest absolute Gasteiger partial charge is 0.484 e. The highest BCUT2D eigenvalue weighted by Gasteiger charge is 2.53. The Morgan fingerprint density at radius 3 is 2.56 bits per heavy atom. The lowest BCUT2D eigenvalue weighted by Crippen LogP contribution is -2.36. The molecule has 1 amide bonds. The van der Waals surface area contributed by atoms with Crippen molar-refractivity contribution >= 4 is 17.5 Å². The van der Waals surface area contributed by atoms with E-state index in [1.807, 2.05) is 6.92 Å². The summed E-state index contributed by atoms with van der Waals surface area (Å²) in [6.07, 6.45) is 0.744. The van der Waals surface area contributed by atoms with Crippen molar-refractivity contribution in [1.29, 1.82) is 0 Å². The molecule has 0 aliphatic heterocycles. The van der Waals surface area contributed by atoms with Gasteiger partial charge in [0.1, 0.15) is 17.4 Å². The van der Waals surface area contributed by atoms with Gasteiger partial charge in [0.2, 0.25) is 0 Å². The minimum absolute atomic E-state index is 0.141. The molecule has 0 spiro atoms. The second-order valence-corrected chi connectivity index (χ2v) is 6.84. The molecule has 0 aromatic heterocycles. The number of amides is 1. The Labute approximate surface area is 149 Å². The molecule has 2 atom stereocenters. The van der Waals surface area contributed by atoms with E-state index in [0.29, 0.717) is 22.9 Å². The van der Waals surface area contributed by atoms with Gasteiger partial charge in [-0.05, 0) is 48.2 Å². The number of hydrogen-bond acceptors (Lipinski definition) is 2. The summed E-state index contributed by atoms with van der Waals surface area (Å²) in [5.74, 6) is -0.722. The van der Waals surface area contributed by atoms with Crippen LogP contribution in [0.2, 0.25) is 5.02 Å². The number of hydrogen-bond donors (Lipinski definition) is 1. The molecule has 0 saturated heterocycles. The summed E-state index contributed by atoms with van der Waals surface area (Å²) in [6, 6.07) is 10.3. The number of rotatable bonds is 6. The summed E-state index contributed by atoms with van der Waals surface area (Å²) < 4.78 is 32.6. The first-order valence-corrected chi connectivity index (χ1v) is 8.39. The van der Waals surface area contributed by atoms with Gasteiger partial charge in [0.05, 0.1) is 0 Å². The van der Waals surface area contributed by atoms with Gasteiger partial charge in [-0.15, -0.1) is 0 Å². The summed E-state index contributed by atoms with van der Waals surface area (Å²) in [7, 11) is 0. The van der Waals surface area contributed by atoms with Crippen molar-refractivity contribution in [2.75, 3.05) is 13.2 Å². The fraction of sp³-hybridized carbons (Fsp3) is 0.316. The Morgan fingerprint density at radius 1 is 1.28 bits per heavy atom. The van der Waals surface area contributed by atoms with Crippen molar-refractivity contribution in [1.82, 2.24) is 5.32 Å². The standard InChI is InChI=1S/C19H18ClF2NO2/c1-12-9-19(12,16-7-4-14(21)8-17(16)22)11-23-18(24)10-25-15-5-2-13(20)3-6-15/h2-8,12H,9-11H2,1H3,(H,23,24). The minimum Gasteiger partial charge on any atom is -0.484 e. The number of nitrogens with one attached hydrogen (secondary N) is 1. The highest BCUT2D eigenvalue weighted by Crippen LogP contribution is 2.54. The normalized spacial score (nSPS) is 21.7. The maximum absolute atomic E-state index is 14.1. The van der Waals surface area contributed by atoms with Gasteiger partial charge in [0.15, 0.2) is 6.61 Å². The van der Waals surface area contributed by atoms with Crippen molar-refractivity contribution in [3.63, 3.8) is 0 Å². The third-order valence-corrected chi connectivity index (χ3v) is 4.96. The molecular formula is C19H18ClF2NO2. The van der Waals surface area contributed by atoms with E-state index in [1.165, 1.54) is 12.1 Å². The van der Waals surface area contributed by atoms with E-state index in [4.69, 9.17) is 16.3 Å². The van der Waals surface area contributed by atoms with Crippen LogP contribution in [0.4, 0.5) is 8.78 Å². The van der Waals surface area contributed by atoms with Crippen LogP contribution in [0.15, 0.2) is 42.5 Å². The van der Waals surface area contributed by atoms with Gasteiger partial charge in [-0.2, -0.15) is 0 Å². The van der Waals surface area contributed by atoms with Crippen molar-refractivity contribution in [3.8, 4) is 5.75 Å². The molecule has 0 radical (unpaired) electrons. The fourth-order valence-electron chi connectivity index (χ4n) is 3.08. The zero-order valence-corrected chi connectivity index (χ0v) is 14.4. The number of halogens is 3. The lowest BCUT2D eigenvalue weighted by molar-refractivity contribution is -0.123. The van der Waals surface area contributed by atoms with Crippen LogP contribution in [0, 0.1) is 17.6 Å². The molecule has 132 valence electrons. The molecule has 1 fully saturated rings. The van der Waals surface area contributed by atoms with E-state index >= 15 is 0 Å². The molecule has 1 saturated carbocycles. The predicted octanol–water partition coefficient (Wildman–Crippen LogP) is 4.09. The van der Waals surface area contributed by atoms with Crippen LogP contribution in [0.1, 0.15) is 18.9 Å². The zero-order valence-electron chi connectivity index (χ0n) is 13.7. The monoisotopic (exact) mass is 365 g/mol. The van der Waals surface area contributed by atoms with E-state index < -0.39 is 17.0 Å². The van der Waals surface area contributed by atoms with Crippen LogP contribution in [-0.4, -0.2) is 19.1 Å². The first-order chi connectivity index (χ1) is 11.9. The van der Waals surface area contributed by atoms with Gasteiger partial charge < -0.3 is 10.1 Å². The lowest BCUT2D eigenvalue weighted by Gasteiger charge is -2.19. The molecule has 2 unspecified atom stereocenters. The maximum atomic E-state index is 14.1. The van der Waals surface area contributed by atoms with Gasteiger partial charge >= 0.3 is 0 Å². The molecular weight excluding hydrogens is 348 g/mol. The van der Waals surface area contributed by atoms with Crippen molar-refractivity contribution in [2.24, 2.45) is 5.92 Å². The number of benzene rings is 2. The van der Waals surface area contributed by atoms with Gasteiger partial charge in [-0.3, -0.25) is 4.79 Å². The van der Waals surface area contributed by atoms with E-state index in [9.17, 15) is 13.6 Å². The average molecular weight is 366 g/mol. The first kappa shape index (κ1) is 17.7. The number of carbonyl (C=O) groups is 1. The van der Waals surface area contributed by atoms with Gasteiger partial charge in [0, 0.05) is 23.0 Å². The molecule has 2 aromatic carbocycles. The second kappa shape index (κ2) is 7.00. The van der Waals surface area contributed by atoms with Crippen molar-refractivity contribution in [3.05, 3.63) is 64.7 Å². The Balaban J connectivity index is 1.58. The molecule has 1 N–H and O–H groups in total. The van der Waals surface area contributed by atoms with E-state index in [0.717, 1.165) is 12.5 Å². The Hall–Kier alpha value is -2.14. The van der Waals surface area contributed by atoms with Crippen LogP contribution in [0.25, 0.3) is 0 Å². The minimum atomic E-state index is -0.606. The molecule has 3 rings (SSSR count). The molecule has 2 aromatic rings. The van der Waals surface area contributed by atoms with Crippen LogP contribution in [0.5, 0.6) is 5.75 Å². The predicted molar refractivity (Wildman–Crippen MR) is 91.8 cm³/mol. The van der Waals surface area contributed by atoms with Crippen molar-refractivity contribution in [2.45, 2.75) is 18.8 Å². The zero-order chi connectivity index (χ0) is 18.0. The molecule has 0 bridgehead atoms. The van der Waals surface area contributed by atoms with Crippen LogP contribution < -0.4 is 10.1 Å². The smallest absolute Gasteiger partial charge is 0.257 e. The highest BCUT2D eigenvalue weighted by atomic mass is 35.5. The van der Waals surface area contributed by atoms with E-state index in [2.05, 4.69) is 5.32 Å². The Morgan fingerprint density at radius 2 is 1.96 bits per heavy atom. The summed E-state index contributed by atoms with van der Waals surface area (Å²) in [5.41, 5.74) is -0.0337. The summed E-state index contributed by atoms with van der Waals surface area (Å²) in [6.45, 7) is 2.14. The van der Waals surface area contributed by atoms with Crippen LogP contribution in [-0.2, 0) is 10.2 Å². The average Bonchev–Trinajstić information content (AvgIpc) is 3.23. The Bertz CT molecular complexity index is 781. The number of ether oxygens (including phenoxy) is 1. The van der Waals surface area contributed by atoms with Crippen LogP contribution in [0.3, 0.4) is 0 Å². The fourth-order valence-corrected chi connectivity index (χ4v) is 3.21. The maximum Gasteiger partial charge on any atom is 0.257 e. The molecule has 1 aliphatic rings. The molecule has 25 heavy (non-hydrogen) atoms. The summed E-state index contributed by atoms with van der Waals surface area (Å²) in [4.78, 5) is 12.0. The van der Waals surface area contributed by atoms with Gasteiger partial charge in [-0.25, -0.2) is 8.78 Å². The third-order valence-electron chi connectivity index (χ3n) is 4.71. The highest BCUT2D eigenvalue weighted by molar-refractivity contribution is 6.30.